The minimum absolute atomic E-state index is 0.166. The minimum Gasteiger partial charge on any atom is -0.385 e. The molecule has 0 amide bonds. The van der Waals surface area contributed by atoms with Crippen LogP contribution in [0, 0.1) is 5.92 Å². The lowest BCUT2D eigenvalue weighted by atomic mass is 9.93. The average Bonchev–Trinajstić information content (AvgIpc) is 2.40. The lowest BCUT2D eigenvalue weighted by molar-refractivity contribution is 0.189. The van der Waals surface area contributed by atoms with Crippen molar-refractivity contribution in [1.29, 1.82) is 0 Å². The second-order valence-electron chi connectivity index (χ2n) is 6.82. The van der Waals surface area contributed by atoms with Crippen molar-refractivity contribution in [1.82, 2.24) is 5.32 Å². The highest BCUT2D eigenvalue weighted by molar-refractivity contribution is 6.30. The Bertz CT molecular complexity index is 400. The van der Waals surface area contributed by atoms with Crippen molar-refractivity contribution in [3.63, 3.8) is 0 Å². The van der Waals surface area contributed by atoms with Crippen molar-refractivity contribution in [2.24, 2.45) is 5.92 Å². The third kappa shape index (κ3) is 9.13. The molecule has 1 unspecified atom stereocenters. The maximum absolute atomic E-state index is 6.09. The number of methoxy groups -OCH3 is 1. The lowest BCUT2D eigenvalue weighted by Crippen LogP contribution is -2.39. The summed E-state index contributed by atoms with van der Waals surface area (Å²) >= 11 is 6.09. The van der Waals surface area contributed by atoms with E-state index in [0.717, 1.165) is 31.0 Å². The molecular formula is C18H30ClNO. The molecule has 1 N–H and O–H groups in total. The van der Waals surface area contributed by atoms with Gasteiger partial charge in [0.25, 0.3) is 0 Å². The molecule has 1 rings (SSSR count). The number of hydrogen-bond acceptors (Lipinski definition) is 2. The Morgan fingerprint density at radius 1 is 1.24 bits per heavy atom. The second kappa shape index (κ2) is 9.45. The average molecular weight is 312 g/mol. The molecule has 3 heteroatoms. The first-order chi connectivity index (χ1) is 9.90. The smallest absolute Gasteiger partial charge is 0.0462 e. The Morgan fingerprint density at radius 2 is 2.00 bits per heavy atom. The quantitative estimate of drug-likeness (QED) is 0.667. The lowest BCUT2D eigenvalue weighted by Gasteiger charge is -2.25. The Kier molecular flexibility index (Phi) is 8.31. The van der Waals surface area contributed by atoms with Gasteiger partial charge in [-0.2, -0.15) is 0 Å². The molecule has 0 radical (unpaired) electrons. The SMILES string of the molecule is COCCCCC(CNC(C)(C)C)Cc1cccc(Cl)c1. The van der Waals surface area contributed by atoms with E-state index >= 15 is 0 Å². The summed E-state index contributed by atoms with van der Waals surface area (Å²) in [6, 6.07) is 8.23. The first-order valence-electron chi connectivity index (χ1n) is 7.89. The molecule has 0 saturated heterocycles. The molecule has 0 aliphatic rings. The third-order valence-electron chi connectivity index (χ3n) is 3.55. The molecule has 1 aromatic rings. The fraction of sp³-hybridized carbons (Fsp3) is 0.667. The highest BCUT2D eigenvalue weighted by Crippen LogP contribution is 2.19. The fourth-order valence-corrected chi connectivity index (χ4v) is 2.62. The molecule has 1 aromatic carbocycles. The van der Waals surface area contributed by atoms with Crippen LogP contribution in [0.2, 0.25) is 5.02 Å². The summed E-state index contributed by atoms with van der Waals surface area (Å²) < 4.78 is 5.14. The summed E-state index contributed by atoms with van der Waals surface area (Å²) in [7, 11) is 1.77. The summed E-state index contributed by atoms with van der Waals surface area (Å²) in [5, 5.41) is 4.46. The van der Waals surface area contributed by atoms with E-state index in [1.807, 2.05) is 12.1 Å². The number of halogens is 1. The van der Waals surface area contributed by atoms with Gasteiger partial charge in [-0.1, -0.05) is 30.2 Å². The summed E-state index contributed by atoms with van der Waals surface area (Å²) in [6.07, 6.45) is 4.65. The van der Waals surface area contributed by atoms with Gasteiger partial charge in [-0.05, 0) is 70.2 Å². The standard InChI is InChI=1S/C18H30ClNO/c1-18(2,3)20-14-16(8-5-6-11-21-4)12-15-9-7-10-17(19)13-15/h7,9-10,13,16,20H,5-6,8,11-12,14H2,1-4H3. The van der Waals surface area contributed by atoms with E-state index in [4.69, 9.17) is 16.3 Å². The van der Waals surface area contributed by atoms with Gasteiger partial charge in [0.1, 0.15) is 0 Å². The van der Waals surface area contributed by atoms with E-state index in [9.17, 15) is 0 Å². The predicted octanol–water partition coefficient (Wildman–Crippen LogP) is 4.70. The molecule has 0 fully saturated rings. The van der Waals surface area contributed by atoms with Gasteiger partial charge in [0, 0.05) is 24.3 Å². The Balaban J connectivity index is 2.53. The maximum atomic E-state index is 6.09. The van der Waals surface area contributed by atoms with Crippen LogP contribution < -0.4 is 5.32 Å². The van der Waals surface area contributed by atoms with Crippen LogP contribution in [-0.2, 0) is 11.2 Å². The maximum Gasteiger partial charge on any atom is 0.0462 e. The van der Waals surface area contributed by atoms with Crippen molar-refractivity contribution < 1.29 is 4.74 Å². The molecule has 0 spiro atoms. The molecule has 21 heavy (non-hydrogen) atoms. The summed E-state index contributed by atoms with van der Waals surface area (Å²) in [4.78, 5) is 0. The van der Waals surface area contributed by atoms with Gasteiger partial charge in [-0.15, -0.1) is 0 Å². The Hall–Kier alpha value is -0.570. The molecule has 0 aliphatic heterocycles. The monoisotopic (exact) mass is 311 g/mol. The molecule has 0 aliphatic carbocycles. The van der Waals surface area contributed by atoms with E-state index in [-0.39, 0.29) is 5.54 Å². The zero-order valence-electron chi connectivity index (χ0n) is 13.9. The molecule has 2 nitrogen and oxygen atoms in total. The normalized spacial score (nSPS) is 13.4. The number of unbranched alkanes of at least 4 members (excludes halogenated alkanes) is 1. The van der Waals surface area contributed by atoms with Gasteiger partial charge >= 0.3 is 0 Å². The largest absolute Gasteiger partial charge is 0.385 e. The zero-order valence-corrected chi connectivity index (χ0v) is 14.7. The highest BCUT2D eigenvalue weighted by atomic mass is 35.5. The first-order valence-corrected chi connectivity index (χ1v) is 8.27. The molecular weight excluding hydrogens is 282 g/mol. The number of ether oxygens (including phenoxy) is 1. The van der Waals surface area contributed by atoms with Crippen molar-refractivity contribution >= 4 is 11.6 Å². The van der Waals surface area contributed by atoms with Crippen molar-refractivity contribution in [3.8, 4) is 0 Å². The molecule has 120 valence electrons. The van der Waals surface area contributed by atoms with E-state index in [1.54, 1.807) is 7.11 Å². The zero-order chi connectivity index (χ0) is 15.7. The molecule has 1 atom stereocenters. The van der Waals surface area contributed by atoms with Crippen LogP contribution in [0.15, 0.2) is 24.3 Å². The van der Waals surface area contributed by atoms with Crippen LogP contribution in [-0.4, -0.2) is 25.8 Å². The van der Waals surface area contributed by atoms with Gasteiger partial charge in [0.2, 0.25) is 0 Å². The van der Waals surface area contributed by atoms with Crippen LogP contribution >= 0.6 is 11.6 Å². The van der Waals surface area contributed by atoms with E-state index in [2.05, 4.69) is 38.2 Å². The van der Waals surface area contributed by atoms with Crippen LogP contribution in [0.25, 0.3) is 0 Å². The van der Waals surface area contributed by atoms with Gasteiger partial charge < -0.3 is 10.1 Å². The number of hydrogen-bond donors (Lipinski definition) is 1. The highest BCUT2D eigenvalue weighted by Gasteiger charge is 2.15. The Labute approximate surface area is 135 Å². The van der Waals surface area contributed by atoms with Crippen molar-refractivity contribution in [2.75, 3.05) is 20.3 Å². The predicted molar refractivity (Wildman–Crippen MR) is 92.1 cm³/mol. The molecule has 0 aromatic heterocycles. The number of benzene rings is 1. The van der Waals surface area contributed by atoms with Crippen LogP contribution in [0.5, 0.6) is 0 Å². The fourth-order valence-electron chi connectivity index (χ4n) is 2.40. The van der Waals surface area contributed by atoms with Gasteiger partial charge in [-0.3, -0.25) is 0 Å². The van der Waals surface area contributed by atoms with Crippen LogP contribution in [0.1, 0.15) is 45.6 Å². The van der Waals surface area contributed by atoms with Gasteiger partial charge in [0.05, 0.1) is 0 Å². The topological polar surface area (TPSA) is 21.3 Å². The summed E-state index contributed by atoms with van der Waals surface area (Å²) in [5.41, 5.74) is 1.49. The van der Waals surface area contributed by atoms with E-state index in [0.29, 0.717) is 5.92 Å². The van der Waals surface area contributed by atoms with E-state index in [1.165, 1.54) is 18.4 Å². The summed E-state index contributed by atoms with van der Waals surface area (Å²) in [5.74, 6) is 0.638. The Morgan fingerprint density at radius 3 is 2.62 bits per heavy atom. The van der Waals surface area contributed by atoms with E-state index < -0.39 is 0 Å². The first kappa shape index (κ1) is 18.5. The number of rotatable bonds is 9. The van der Waals surface area contributed by atoms with Crippen molar-refractivity contribution in [3.05, 3.63) is 34.9 Å². The van der Waals surface area contributed by atoms with Crippen LogP contribution in [0.3, 0.4) is 0 Å². The minimum atomic E-state index is 0.166. The molecule has 0 heterocycles. The third-order valence-corrected chi connectivity index (χ3v) is 3.78. The summed E-state index contributed by atoms with van der Waals surface area (Å²) in [6.45, 7) is 8.55. The number of nitrogens with one attached hydrogen (secondary N) is 1. The second-order valence-corrected chi connectivity index (χ2v) is 7.26. The molecule has 0 bridgehead atoms. The van der Waals surface area contributed by atoms with Crippen LogP contribution in [0.4, 0.5) is 0 Å². The van der Waals surface area contributed by atoms with Gasteiger partial charge in [-0.25, -0.2) is 0 Å². The molecule has 0 saturated carbocycles. The van der Waals surface area contributed by atoms with Crippen molar-refractivity contribution in [2.45, 2.75) is 52.0 Å². The van der Waals surface area contributed by atoms with Gasteiger partial charge in [0.15, 0.2) is 0 Å².